The lowest BCUT2D eigenvalue weighted by Gasteiger charge is -1.98. The Kier molecular flexibility index (Phi) is 2.59. The summed E-state index contributed by atoms with van der Waals surface area (Å²) in [5, 5.41) is 4.48. The third kappa shape index (κ3) is 3.18. The van der Waals surface area contributed by atoms with Crippen molar-refractivity contribution in [2.24, 2.45) is 5.14 Å². The van der Waals surface area contributed by atoms with Gasteiger partial charge in [0.1, 0.15) is 5.69 Å². The molecule has 0 saturated carbocycles. The minimum absolute atomic E-state index is 0.114. The summed E-state index contributed by atoms with van der Waals surface area (Å²) in [6.45, 7) is 0. The lowest BCUT2D eigenvalue weighted by Crippen LogP contribution is -2.21. The predicted octanol–water partition coefficient (Wildman–Crippen LogP) is -0.558. The number of nitrogens with zero attached hydrogens (tertiary/aromatic N) is 1. The van der Waals surface area contributed by atoms with Crippen molar-refractivity contribution in [2.75, 3.05) is 0 Å². The van der Waals surface area contributed by atoms with Gasteiger partial charge in [0.05, 0.1) is 0 Å². The van der Waals surface area contributed by atoms with Gasteiger partial charge in [0.2, 0.25) is 0 Å². The molecule has 13 heavy (non-hydrogen) atoms. The molecule has 0 amide bonds. The van der Waals surface area contributed by atoms with Crippen LogP contribution in [0.3, 0.4) is 0 Å². The SMILES string of the molecule is NS(=O)(=O)OC(=O)c1ccccn1. The monoisotopic (exact) mass is 202 g/mol. The van der Waals surface area contributed by atoms with E-state index in [0.29, 0.717) is 0 Å². The molecular formula is C6H6N2O4S. The van der Waals surface area contributed by atoms with Gasteiger partial charge in [-0.05, 0) is 12.1 Å². The molecule has 0 aromatic carbocycles. The highest BCUT2D eigenvalue weighted by Crippen LogP contribution is 1.97. The summed E-state index contributed by atoms with van der Waals surface area (Å²) in [5.41, 5.74) is -0.114. The highest BCUT2D eigenvalue weighted by Gasteiger charge is 2.14. The van der Waals surface area contributed by atoms with E-state index < -0.39 is 16.3 Å². The van der Waals surface area contributed by atoms with Gasteiger partial charge < -0.3 is 4.18 Å². The summed E-state index contributed by atoms with van der Waals surface area (Å²) in [4.78, 5) is 14.5. The molecule has 6 nitrogen and oxygen atoms in total. The molecule has 1 aromatic heterocycles. The molecule has 1 rings (SSSR count). The molecule has 1 heterocycles. The zero-order chi connectivity index (χ0) is 9.90. The molecule has 0 bridgehead atoms. The molecule has 0 unspecified atom stereocenters. The van der Waals surface area contributed by atoms with E-state index in [1.807, 2.05) is 0 Å². The van der Waals surface area contributed by atoms with Crippen LogP contribution in [0.5, 0.6) is 0 Å². The second-order valence-corrected chi connectivity index (χ2v) is 3.23. The van der Waals surface area contributed by atoms with E-state index in [2.05, 4.69) is 14.3 Å². The van der Waals surface area contributed by atoms with Crippen LogP contribution in [0, 0.1) is 0 Å². The first-order chi connectivity index (χ1) is 5.99. The highest BCUT2D eigenvalue weighted by atomic mass is 32.2. The standard InChI is InChI=1S/C6H6N2O4S/c7-13(10,11)12-6(9)5-3-1-2-4-8-5/h1-4H,(H2,7,10,11). The van der Waals surface area contributed by atoms with E-state index in [0.717, 1.165) is 0 Å². The number of hydrogen-bond donors (Lipinski definition) is 1. The minimum atomic E-state index is -4.26. The summed E-state index contributed by atoms with van der Waals surface area (Å²) < 4.78 is 24.5. The van der Waals surface area contributed by atoms with Crippen molar-refractivity contribution in [1.29, 1.82) is 0 Å². The van der Waals surface area contributed by atoms with Gasteiger partial charge in [-0.1, -0.05) is 6.07 Å². The first-order valence-electron chi connectivity index (χ1n) is 3.16. The van der Waals surface area contributed by atoms with Crippen LogP contribution >= 0.6 is 0 Å². The van der Waals surface area contributed by atoms with Gasteiger partial charge in [-0.3, -0.25) is 0 Å². The average molecular weight is 202 g/mol. The zero-order valence-electron chi connectivity index (χ0n) is 6.38. The molecule has 0 spiro atoms. The maximum atomic E-state index is 10.9. The zero-order valence-corrected chi connectivity index (χ0v) is 7.19. The van der Waals surface area contributed by atoms with Crippen LogP contribution in [0.4, 0.5) is 0 Å². The van der Waals surface area contributed by atoms with E-state index in [4.69, 9.17) is 0 Å². The van der Waals surface area contributed by atoms with Crippen LogP contribution in [0.1, 0.15) is 10.5 Å². The Morgan fingerprint density at radius 1 is 1.46 bits per heavy atom. The number of pyridine rings is 1. The van der Waals surface area contributed by atoms with E-state index in [9.17, 15) is 13.2 Å². The lowest BCUT2D eigenvalue weighted by molar-refractivity contribution is 0.0741. The molecule has 0 aliphatic rings. The molecule has 0 saturated heterocycles. The summed E-state index contributed by atoms with van der Waals surface area (Å²) in [6.07, 6.45) is 1.33. The number of carbonyl (C=O) groups is 1. The van der Waals surface area contributed by atoms with Gasteiger partial charge in [0, 0.05) is 6.20 Å². The summed E-state index contributed by atoms with van der Waals surface area (Å²) >= 11 is 0. The van der Waals surface area contributed by atoms with Gasteiger partial charge in [0.25, 0.3) is 0 Å². The average Bonchev–Trinajstić information content (AvgIpc) is 2.03. The number of carbonyl (C=O) groups excluding carboxylic acids is 1. The van der Waals surface area contributed by atoms with Crippen molar-refractivity contribution in [3.05, 3.63) is 30.1 Å². The second kappa shape index (κ2) is 3.50. The van der Waals surface area contributed by atoms with Crippen molar-refractivity contribution in [3.8, 4) is 0 Å². The van der Waals surface area contributed by atoms with Crippen molar-refractivity contribution < 1.29 is 17.4 Å². The van der Waals surface area contributed by atoms with Crippen molar-refractivity contribution >= 4 is 16.3 Å². The summed E-state index contributed by atoms with van der Waals surface area (Å²) in [5.74, 6) is -1.09. The van der Waals surface area contributed by atoms with Gasteiger partial charge in [-0.15, -0.1) is 0 Å². The molecule has 0 fully saturated rings. The summed E-state index contributed by atoms with van der Waals surface area (Å²) in [6, 6.07) is 4.41. The fourth-order valence-corrected chi connectivity index (χ4v) is 0.928. The molecule has 0 aliphatic heterocycles. The van der Waals surface area contributed by atoms with E-state index in [1.54, 1.807) is 6.07 Å². The molecule has 2 N–H and O–H groups in total. The number of aromatic nitrogens is 1. The third-order valence-electron chi connectivity index (χ3n) is 1.07. The molecule has 0 aliphatic carbocycles. The molecule has 0 atom stereocenters. The number of rotatable bonds is 2. The molecular weight excluding hydrogens is 196 g/mol. The fraction of sp³-hybridized carbons (Fsp3) is 0. The smallest absolute Gasteiger partial charge is 0.328 e. The van der Waals surface area contributed by atoms with E-state index >= 15 is 0 Å². The first-order valence-corrected chi connectivity index (χ1v) is 4.64. The Balaban J connectivity index is 2.82. The minimum Gasteiger partial charge on any atom is -0.328 e. The third-order valence-corrected chi connectivity index (χ3v) is 1.45. The molecule has 70 valence electrons. The lowest BCUT2D eigenvalue weighted by atomic mass is 10.4. The Hall–Kier alpha value is -1.47. The van der Waals surface area contributed by atoms with Crippen LogP contribution in [-0.2, 0) is 14.5 Å². The quantitative estimate of drug-likeness (QED) is 0.693. The Bertz CT molecular complexity index is 400. The second-order valence-electron chi connectivity index (χ2n) is 2.08. The Morgan fingerprint density at radius 2 is 2.15 bits per heavy atom. The maximum absolute atomic E-state index is 10.9. The number of nitrogens with two attached hydrogens (primary N) is 1. The van der Waals surface area contributed by atoms with Crippen molar-refractivity contribution in [3.63, 3.8) is 0 Å². The summed E-state index contributed by atoms with van der Waals surface area (Å²) in [7, 11) is -4.26. The topological polar surface area (TPSA) is 99.4 Å². The van der Waals surface area contributed by atoms with Crippen molar-refractivity contribution in [2.45, 2.75) is 0 Å². The van der Waals surface area contributed by atoms with Gasteiger partial charge in [-0.2, -0.15) is 13.6 Å². The van der Waals surface area contributed by atoms with Crippen LogP contribution in [0.15, 0.2) is 24.4 Å². The van der Waals surface area contributed by atoms with E-state index in [-0.39, 0.29) is 5.69 Å². The van der Waals surface area contributed by atoms with Crippen LogP contribution in [-0.4, -0.2) is 19.4 Å². The van der Waals surface area contributed by atoms with Crippen molar-refractivity contribution in [1.82, 2.24) is 4.98 Å². The maximum Gasteiger partial charge on any atom is 0.382 e. The first kappa shape index (κ1) is 9.62. The highest BCUT2D eigenvalue weighted by molar-refractivity contribution is 7.84. The Morgan fingerprint density at radius 3 is 2.62 bits per heavy atom. The molecule has 0 radical (unpaired) electrons. The molecule has 7 heteroatoms. The largest absolute Gasteiger partial charge is 0.382 e. The van der Waals surface area contributed by atoms with E-state index in [1.165, 1.54) is 18.3 Å². The van der Waals surface area contributed by atoms with Gasteiger partial charge in [-0.25, -0.2) is 9.78 Å². The van der Waals surface area contributed by atoms with Gasteiger partial charge in [0.15, 0.2) is 0 Å². The van der Waals surface area contributed by atoms with Crippen LogP contribution in [0.25, 0.3) is 0 Å². The normalized spacial score (nSPS) is 10.8. The fourth-order valence-electron chi connectivity index (χ4n) is 0.632. The molecule has 1 aromatic rings. The predicted molar refractivity (Wildman–Crippen MR) is 42.8 cm³/mol. The van der Waals surface area contributed by atoms with Crippen LogP contribution < -0.4 is 5.14 Å². The van der Waals surface area contributed by atoms with Gasteiger partial charge >= 0.3 is 16.3 Å². The number of hydrogen-bond acceptors (Lipinski definition) is 5. The van der Waals surface area contributed by atoms with Crippen LogP contribution in [0.2, 0.25) is 0 Å². The Labute approximate surface area is 74.6 Å².